The number of carbonyl (C=O) groups excluding carboxylic acids is 1. The molecule has 0 unspecified atom stereocenters. The van der Waals surface area contributed by atoms with Crippen molar-refractivity contribution in [3.63, 3.8) is 0 Å². The summed E-state index contributed by atoms with van der Waals surface area (Å²) < 4.78 is 95.4. The molecular weight excluding hydrogens is 431 g/mol. The summed E-state index contributed by atoms with van der Waals surface area (Å²) in [5.41, 5.74) is -6.47. The van der Waals surface area contributed by atoms with Crippen LogP contribution in [0, 0.1) is 11.3 Å². The van der Waals surface area contributed by atoms with Crippen molar-refractivity contribution >= 4 is 26.3 Å². The van der Waals surface area contributed by atoms with Crippen molar-refractivity contribution in [2.45, 2.75) is 39.6 Å². The van der Waals surface area contributed by atoms with Gasteiger partial charge < -0.3 is 9.47 Å². The quantitative estimate of drug-likeness (QED) is 0.321. The van der Waals surface area contributed by atoms with E-state index in [0.29, 0.717) is 6.42 Å². The van der Waals surface area contributed by atoms with Gasteiger partial charge >= 0.3 is 31.8 Å². The molecular formula is C14H26F3NO8S2. The Morgan fingerprint density at radius 1 is 1.00 bits per heavy atom. The van der Waals surface area contributed by atoms with Gasteiger partial charge in [0.05, 0.1) is 25.2 Å². The Balaban J connectivity index is 4.29. The summed E-state index contributed by atoms with van der Waals surface area (Å²) in [7, 11) is -11.1. The standard InChI is InChI=1S/C14H26F3NO8S2/c1-11(2)10-13(3,4)12(19)25-8-6-24-7-9-26-28(22,23)18(5)27(20,21)14(15,16)17/h11H,6-10H2,1-5H3. The fourth-order valence-electron chi connectivity index (χ4n) is 2.13. The second-order valence-corrected chi connectivity index (χ2v) is 10.7. The summed E-state index contributed by atoms with van der Waals surface area (Å²) in [6.45, 7) is 6.06. The lowest BCUT2D eigenvalue weighted by Crippen LogP contribution is -2.42. The van der Waals surface area contributed by atoms with Gasteiger partial charge in [0, 0.05) is 7.05 Å². The van der Waals surface area contributed by atoms with Crippen LogP contribution in [0.1, 0.15) is 34.1 Å². The number of halogens is 3. The molecule has 0 saturated heterocycles. The van der Waals surface area contributed by atoms with Crippen molar-refractivity contribution in [1.82, 2.24) is 3.71 Å². The molecule has 9 nitrogen and oxygen atoms in total. The summed E-state index contributed by atoms with van der Waals surface area (Å²) >= 11 is 0. The van der Waals surface area contributed by atoms with Gasteiger partial charge in [-0.2, -0.15) is 21.6 Å². The highest BCUT2D eigenvalue weighted by molar-refractivity contribution is 8.02. The maximum absolute atomic E-state index is 12.3. The lowest BCUT2D eigenvalue weighted by Gasteiger charge is -2.24. The maximum Gasteiger partial charge on any atom is 0.512 e. The number of carbonyl (C=O) groups is 1. The lowest BCUT2D eigenvalue weighted by atomic mass is 9.84. The first-order valence-electron chi connectivity index (χ1n) is 8.15. The van der Waals surface area contributed by atoms with E-state index in [0.717, 1.165) is 0 Å². The van der Waals surface area contributed by atoms with E-state index < -0.39 is 47.5 Å². The van der Waals surface area contributed by atoms with Crippen molar-refractivity contribution in [1.29, 1.82) is 0 Å². The molecule has 0 fully saturated rings. The zero-order chi connectivity index (χ0) is 22.4. The van der Waals surface area contributed by atoms with E-state index in [9.17, 15) is 34.8 Å². The van der Waals surface area contributed by atoms with Crippen molar-refractivity contribution in [2.24, 2.45) is 11.3 Å². The minimum Gasteiger partial charge on any atom is -0.463 e. The predicted octanol–water partition coefficient (Wildman–Crippen LogP) is 1.66. The molecule has 28 heavy (non-hydrogen) atoms. The average Bonchev–Trinajstić information content (AvgIpc) is 2.50. The lowest BCUT2D eigenvalue weighted by molar-refractivity contribution is -0.156. The summed E-state index contributed by atoms with van der Waals surface area (Å²) in [5.74, 6) is -0.139. The normalized spacial score (nSPS) is 13.9. The predicted molar refractivity (Wildman–Crippen MR) is 92.6 cm³/mol. The molecule has 0 bridgehead atoms. The number of alkyl halides is 3. The minimum atomic E-state index is -6.10. The number of esters is 1. The minimum absolute atomic E-state index is 0.108. The number of nitrogens with zero attached hydrogens (tertiary/aromatic N) is 1. The van der Waals surface area contributed by atoms with E-state index in [4.69, 9.17) is 9.47 Å². The van der Waals surface area contributed by atoms with Gasteiger partial charge in [0.15, 0.2) is 0 Å². The van der Waals surface area contributed by atoms with Crippen LogP contribution in [0.5, 0.6) is 0 Å². The second-order valence-electron chi connectivity index (χ2n) is 6.84. The van der Waals surface area contributed by atoms with Crippen LogP contribution in [0.3, 0.4) is 0 Å². The Kier molecular flexibility index (Phi) is 9.83. The van der Waals surface area contributed by atoms with Gasteiger partial charge in [-0.15, -0.1) is 0 Å². The van der Waals surface area contributed by atoms with Crippen LogP contribution in [0.15, 0.2) is 0 Å². The smallest absolute Gasteiger partial charge is 0.463 e. The number of ether oxygens (including phenoxy) is 2. The molecule has 0 atom stereocenters. The third-order valence-corrected chi connectivity index (χ3v) is 6.83. The Morgan fingerprint density at radius 2 is 1.50 bits per heavy atom. The van der Waals surface area contributed by atoms with Crippen LogP contribution >= 0.6 is 0 Å². The summed E-state index contributed by atoms with van der Waals surface area (Å²) in [4.78, 5) is 11.9. The molecule has 0 N–H and O–H groups in total. The molecule has 0 aliphatic heterocycles. The van der Waals surface area contributed by atoms with E-state index in [1.165, 1.54) is 0 Å². The Hall–Kier alpha value is -0.960. The molecule has 0 rings (SSSR count). The molecule has 0 amide bonds. The fourth-order valence-corrected chi connectivity index (χ4v) is 4.20. The first-order valence-corrected chi connectivity index (χ1v) is 11.0. The third-order valence-electron chi connectivity index (χ3n) is 3.34. The number of rotatable bonds is 12. The topological polar surface area (TPSA) is 116 Å². The van der Waals surface area contributed by atoms with Gasteiger partial charge in [-0.05, 0) is 26.2 Å². The Bertz CT molecular complexity index is 717. The van der Waals surface area contributed by atoms with E-state index in [1.807, 2.05) is 13.8 Å². The number of sulfonamides is 1. The average molecular weight is 457 g/mol. The molecule has 0 aromatic heterocycles. The monoisotopic (exact) mass is 457 g/mol. The third kappa shape index (κ3) is 8.19. The van der Waals surface area contributed by atoms with E-state index >= 15 is 0 Å². The first-order chi connectivity index (χ1) is 12.4. The molecule has 0 heterocycles. The first kappa shape index (κ1) is 27.0. The fraction of sp³-hybridized carbons (Fsp3) is 0.929. The van der Waals surface area contributed by atoms with Gasteiger partial charge in [-0.3, -0.25) is 8.98 Å². The van der Waals surface area contributed by atoms with Crippen molar-refractivity contribution in [3.8, 4) is 0 Å². The number of hydrogen-bond acceptors (Lipinski definition) is 8. The zero-order valence-electron chi connectivity index (χ0n) is 16.3. The van der Waals surface area contributed by atoms with Gasteiger partial charge in [0.25, 0.3) is 0 Å². The number of hydrogen-bond donors (Lipinski definition) is 0. The molecule has 168 valence electrons. The van der Waals surface area contributed by atoms with Crippen LogP contribution in [0.2, 0.25) is 0 Å². The van der Waals surface area contributed by atoms with Gasteiger partial charge in [-0.1, -0.05) is 17.6 Å². The van der Waals surface area contributed by atoms with Crippen molar-refractivity contribution < 1.29 is 48.5 Å². The second kappa shape index (κ2) is 10.2. The summed E-state index contributed by atoms with van der Waals surface area (Å²) in [6, 6.07) is 0. The highest BCUT2D eigenvalue weighted by atomic mass is 32.3. The zero-order valence-corrected chi connectivity index (χ0v) is 17.9. The molecule has 0 aromatic carbocycles. The van der Waals surface area contributed by atoms with E-state index in [1.54, 1.807) is 13.8 Å². The molecule has 0 radical (unpaired) electrons. The molecule has 0 aromatic rings. The largest absolute Gasteiger partial charge is 0.512 e. The van der Waals surface area contributed by atoms with Crippen molar-refractivity contribution in [2.75, 3.05) is 33.5 Å². The van der Waals surface area contributed by atoms with Gasteiger partial charge in [0.2, 0.25) is 0 Å². The molecule has 0 spiro atoms. The van der Waals surface area contributed by atoms with Crippen molar-refractivity contribution in [3.05, 3.63) is 0 Å². The highest BCUT2D eigenvalue weighted by Crippen LogP contribution is 2.28. The maximum atomic E-state index is 12.3. The van der Waals surface area contributed by atoms with Gasteiger partial charge in [0.1, 0.15) is 6.61 Å². The van der Waals surface area contributed by atoms with Crippen LogP contribution in [0.25, 0.3) is 0 Å². The molecule has 0 saturated carbocycles. The van der Waals surface area contributed by atoms with Crippen LogP contribution in [-0.2, 0) is 38.8 Å². The highest BCUT2D eigenvalue weighted by Gasteiger charge is 2.53. The summed E-state index contributed by atoms with van der Waals surface area (Å²) in [6.07, 6.45) is 0.618. The Morgan fingerprint density at radius 3 is 1.96 bits per heavy atom. The van der Waals surface area contributed by atoms with E-state index in [2.05, 4.69) is 4.18 Å². The Labute approximate surface area is 163 Å². The van der Waals surface area contributed by atoms with Crippen LogP contribution in [-0.4, -0.2) is 65.5 Å². The molecule has 14 heteroatoms. The van der Waals surface area contributed by atoms with Crippen LogP contribution in [0.4, 0.5) is 13.2 Å². The molecule has 0 aliphatic carbocycles. The van der Waals surface area contributed by atoms with Crippen LogP contribution < -0.4 is 0 Å². The van der Waals surface area contributed by atoms with Gasteiger partial charge in [-0.25, -0.2) is 8.42 Å². The molecule has 0 aliphatic rings. The van der Waals surface area contributed by atoms with E-state index in [-0.39, 0.29) is 32.8 Å². The summed E-state index contributed by atoms with van der Waals surface area (Å²) in [5, 5.41) is 0. The SMILES string of the molecule is CC(C)CC(C)(C)C(=O)OCCOCCOS(=O)(=O)N(C)S(=O)(=O)C(F)(F)F.